The van der Waals surface area contributed by atoms with Crippen molar-refractivity contribution in [2.75, 3.05) is 41.0 Å². The molecule has 2 amide bonds. The lowest BCUT2D eigenvalue weighted by Gasteiger charge is -2.33. The third-order valence-corrected chi connectivity index (χ3v) is 9.17. The van der Waals surface area contributed by atoms with Crippen molar-refractivity contribution in [2.45, 2.75) is 91.5 Å². The summed E-state index contributed by atoms with van der Waals surface area (Å²) in [4.78, 5) is 30.9. The monoisotopic (exact) mass is 667 g/mol. The normalized spacial score (nSPS) is 22.8. The van der Waals surface area contributed by atoms with Gasteiger partial charge in [-0.25, -0.2) is 4.58 Å². The molecule has 1 aromatic carbocycles. The molecule has 0 aliphatic carbocycles. The van der Waals surface area contributed by atoms with Crippen LogP contribution >= 0.6 is 0 Å². The number of hydrogen-bond donors (Lipinski definition) is 2. The molecule has 2 aliphatic heterocycles. The van der Waals surface area contributed by atoms with Crippen molar-refractivity contribution in [3.8, 4) is 11.5 Å². The number of nitrogens with one attached hydrogen (secondary N) is 1. The van der Waals surface area contributed by atoms with E-state index in [1.54, 1.807) is 42.0 Å². The van der Waals surface area contributed by atoms with E-state index in [4.69, 9.17) is 18.9 Å². The van der Waals surface area contributed by atoms with Gasteiger partial charge in [0.2, 0.25) is 6.41 Å². The van der Waals surface area contributed by atoms with Gasteiger partial charge in [-0.15, -0.1) is 0 Å². The van der Waals surface area contributed by atoms with Gasteiger partial charge < -0.3 is 34.3 Å². The Kier molecular flexibility index (Phi) is 14.3. The summed E-state index contributed by atoms with van der Waals surface area (Å²) in [5, 5.41) is 14.3. The number of carbonyl (C=O) groups is 2. The van der Waals surface area contributed by atoms with Crippen molar-refractivity contribution in [3.05, 3.63) is 53.0 Å². The van der Waals surface area contributed by atoms with Gasteiger partial charge in [-0.2, -0.15) is 0 Å². The van der Waals surface area contributed by atoms with E-state index in [0.717, 1.165) is 31.4 Å². The number of aliphatic imine (C=N–C) groups is 1. The molecule has 48 heavy (non-hydrogen) atoms. The zero-order valence-corrected chi connectivity index (χ0v) is 30.2. The Morgan fingerprint density at radius 3 is 2.52 bits per heavy atom. The molecule has 2 N–H and O–H groups in total. The molecule has 264 valence electrons. The summed E-state index contributed by atoms with van der Waals surface area (Å²) in [5.74, 6) is 2.30. The van der Waals surface area contributed by atoms with Gasteiger partial charge in [-0.1, -0.05) is 18.6 Å². The van der Waals surface area contributed by atoms with Gasteiger partial charge in [0.15, 0.2) is 28.7 Å². The number of likely N-dealkylation sites (tertiary alicyclic amines) is 1. The van der Waals surface area contributed by atoms with Crippen molar-refractivity contribution in [2.24, 2.45) is 10.9 Å². The largest absolute Gasteiger partial charge is 0.493 e. The van der Waals surface area contributed by atoms with Crippen molar-refractivity contribution < 1.29 is 38.2 Å². The van der Waals surface area contributed by atoms with Crippen LogP contribution < -0.4 is 14.8 Å². The van der Waals surface area contributed by atoms with Crippen molar-refractivity contribution in [1.29, 1.82) is 0 Å². The number of aliphatic hydroxyl groups excluding tert-OH is 1. The second-order valence-corrected chi connectivity index (χ2v) is 12.9. The fraction of sp³-hybridized carbons (Fsp3) is 0.568. The molecule has 0 saturated carbocycles. The van der Waals surface area contributed by atoms with Crippen molar-refractivity contribution in [3.63, 3.8) is 0 Å². The fourth-order valence-electron chi connectivity index (χ4n) is 6.16. The highest BCUT2D eigenvalue weighted by atomic mass is 16.5. The molecule has 0 radical (unpaired) electrons. The van der Waals surface area contributed by atoms with Gasteiger partial charge in [-0.3, -0.25) is 14.6 Å². The van der Waals surface area contributed by atoms with Crippen LogP contribution in [-0.4, -0.2) is 97.7 Å². The number of ether oxygens (including phenoxy) is 4. The molecule has 1 fully saturated rings. The quantitative estimate of drug-likeness (QED) is 0.0327. The number of rotatable bonds is 17. The number of amides is 2. The molecule has 3 rings (SSSR count). The van der Waals surface area contributed by atoms with Crippen molar-refractivity contribution in [1.82, 2.24) is 10.2 Å². The Balaban J connectivity index is 1.54. The number of likely N-dealkylation sites (N-methyl/N-ethyl adjacent to an activating group) is 1. The maximum atomic E-state index is 12.9. The lowest BCUT2D eigenvalue weighted by molar-refractivity contribution is -0.599. The van der Waals surface area contributed by atoms with Gasteiger partial charge in [0, 0.05) is 25.7 Å². The molecule has 2 aliphatic rings. The number of carbonyl (C=O) groups excluding carboxylic acids is 2. The minimum absolute atomic E-state index is 0.182. The average Bonchev–Trinajstić information content (AvgIpc) is 3.30. The third kappa shape index (κ3) is 9.49. The Morgan fingerprint density at radius 1 is 1.15 bits per heavy atom. The molecule has 1 saturated heterocycles. The lowest BCUT2D eigenvalue weighted by atomic mass is 9.92. The molecule has 0 aromatic heterocycles. The first-order chi connectivity index (χ1) is 22.9. The first kappa shape index (κ1) is 38.3. The van der Waals surface area contributed by atoms with Crippen LogP contribution in [0.4, 0.5) is 5.69 Å². The summed E-state index contributed by atoms with van der Waals surface area (Å²) in [6, 6.07) is 3.26. The smallest absolute Gasteiger partial charge is 0.278 e. The van der Waals surface area contributed by atoms with Crippen LogP contribution in [0.1, 0.15) is 84.0 Å². The number of fused-ring (bicyclic) bond motifs is 1. The van der Waals surface area contributed by atoms with Crippen LogP contribution in [0.3, 0.4) is 0 Å². The molecule has 11 nitrogen and oxygen atoms in total. The van der Waals surface area contributed by atoms with Crippen molar-refractivity contribution >= 4 is 29.9 Å². The van der Waals surface area contributed by atoms with Gasteiger partial charge in [0.1, 0.15) is 12.6 Å². The Hall–Kier alpha value is -4.12. The van der Waals surface area contributed by atoms with Crippen LogP contribution in [0.5, 0.6) is 11.5 Å². The van der Waals surface area contributed by atoms with Crippen LogP contribution in [-0.2, 0) is 14.3 Å². The number of hydrogen-bond acceptors (Lipinski definition) is 8. The fourth-order valence-corrected chi connectivity index (χ4v) is 6.16. The number of nitrogens with zero attached hydrogens (tertiary/aromatic N) is 3. The molecule has 0 spiro atoms. The summed E-state index contributed by atoms with van der Waals surface area (Å²) < 4.78 is 25.1. The van der Waals surface area contributed by atoms with E-state index in [2.05, 4.69) is 17.2 Å². The highest BCUT2D eigenvalue weighted by Crippen LogP contribution is 2.37. The molecular formula is C37H55N4O7+. The Bertz CT molecular complexity index is 1450. The number of methoxy groups -OCH3 is 2. The molecular weight excluding hydrogens is 612 g/mol. The SMILES string of the molecule is C/C=C(/C)CC1C=Nc2cc(OCCCCCOC(=C/C)/C(=C\C(C)=[N+](/C)C(O)[C@@]3(C)CC(C)CN3C=O)OC)c(OC)cc2C(=O)N1. The summed E-state index contributed by atoms with van der Waals surface area (Å²) in [7, 11) is 4.96. The maximum absolute atomic E-state index is 12.9. The van der Waals surface area contributed by atoms with Gasteiger partial charge in [0.05, 0.1) is 50.8 Å². The topological polar surface area (TPSA) is 122 Å². The Morgan fingerprint density at radius 2 is 1.88 bits per heavy atom. The second kappa shape index (κ2) is 17.9. The Labute approximate surface area is 286 Å². The van der Waals surface area contributed by atoms with E-state index < -0.39 is 11.8 Å². The predicted octanol–water partition coefficient (Wildman–Crippen LogP) is 5.54. The lowest BCUT2D eigenvalue weighted by Crippen LogP contribution is -2.54. The van der Waals surface area contributed by atoms with Crippen LogP contribution in [0, 0.1) is 5.92 Å². The van der Waals surface area contributed by atoms with E-state index in [1.165, 1.54) is 5.57 Å². The van der Waals surface area contributed by atoms with E-state index in [9.17, 15) is 14.7 Å². The summed E-state index contributed by atoms with van der Waals surface area (Å²) >= 11 is 0. The first-order valence-corrected chi connectivity index (χ1v) is 16.8. The number of unbranched alkanes of at least 4 members (excludes halogenated alkanes) is 2. The third-order valence-electron chi connectivity index (χ3n) is 9.17. The molecule has 2 heterocycles. The van der Waals surface area contributed by atoms with Crippen LogP contribution in [0.15, 0.2) is 52.4 Å². The minimum atomic E-state index is -0.887. The number of allylic oxidation sites excluding steroid dienone is 3. The summed E-state index contributed by atoms with van der Waals surface area (Å²) in [6.45, 7) is 13.4. The minimum Gasteiger partial charge on any atom is -0.493 e. The second-order valence-electron chi connectivity index (χ2n) is 12.9. The van der Waals surface area contributed by atoms with E-state index in [0.29, 0.717) is 72.8 Å². The van der Waals surface area contributed by atoms with E-state index in [1.807, 2.05) is 59.9 Å². The van der Waals surface area contributed by atoms with Crippen LogP contribution in [0.2, 0.25) is 0 Å². The first-order valence-electron chi connectivity index (χ1n) is 16.8. The summed E-state index contributed by atoms with van der Waals surface area (Å²) in [6.07, 6.45) is 11.3. The number of benzene rings is 1. The number of aliphatic hydroxyl groups is 1. The predicted molar refractivity (Wildman–Crippen MR) is 188 cm³/mol. The van der Waals surface area contributed by atoms with Gasteiger partial charge in [0.25, 0.3) is 12.1 Å². The zero-order chi connectivity index (χ0) is 35.4. The van der Waals surface area contributed by atoms with Gasteiger partial charge in [-0.05, 0) is 77.9 Å². The van der Waals surface area contributed by atoms with E-state index in [-0.39, 0.29) is 11.9 Å². The molecule has 4 atom stereocenters. The maximum Gasteiger partial charge on any atom is 0.278 e. The standard InChI is InChI=1S/C37H54N4O7/c1-10-25(3)17-28-22-38-30-20-34(33(46-9)19-29(30)35(43)39-28)48-16-14-12-13-15-47-31(11-2)32(45-8)18-27(5)40(7)36(44)37(6)21-26(4)23-41(37)24-42/h10-11,18-20,22,24,26,28,36,44H,12-17,21,23H2,1-9H3/p+1/b25-10-,31-11+,32-18+,40-27+/t26?,28?,36?,37-/m1/s1. The highest BCUT2D eigenvalue weighted by Gasteiger charge is 2.50. The zero-order valence-electron chi connectivity index (χ0n) is 30.2. The van der Waals surface area contributed by atoms with Gasteiger partial charge >= 0.3 is 0 Å². The van der Waals surface area contributed by atoms with Crippen LogP contribution in [0.25, 0.3) is 0 Å². The highest BCUT2D eigenvalue weighted by molar-refractivity contribution is 6.03. The molecule has 1 aromatic rings. The van der Waals surface area contributed by atoms with E-state index >= 15 is 0 Å². The molecule has 0 bridgehead atoms. The molecule has 3 unspecified atom stereocenters. The summed E-state index contributed by atoms with van der Waals surface area (Å²) in [5.41, 5.74) is 2.26. The average molecular weight is 668 g/mol. The molecule has 11 heteroatoms.